The molecule has 27 heavy (non-hydrogen) atoms. The summed E-state index contributed by atoms with van der Waals surface area (Å²) in [4.78, 5) is 31.2. The summed E-state index contributed by atoms with van der Waals surface area (Å²) in [6, 6.07) is 9.68. The van der Waals surface area contributed by atoms with Gasteiger partial charge in [0.1, 0.15) is 6.04 Å². The fourth-order valence-corrected chi connectivity index (χ4v) is 3.78. The minimum absolute atomic E-state index is 0.131. The number of carbonyl (C=O) groups is 1. The Kier molecular flexibility index (Phi) is 3.53. The fraction of sp³-hybridized carbons (Fsp3) is 0.200. The molecule has 0 saturated carbocycles. The lowest BCUT2D eigenvalue weighted by molar-refractivity contribution is 0.0637. The van der Waals surface area contributed by atoms with E-state index >= 15 is 0 Å². The molecule has 2 atom stereocenters. The number of benzene rings is 1. The lowest BCUT2D eigenvalue weighted by atomic mass is 9.92. The third-order valence-corrected chi connectivity index (χ3v) is 5.07. The van der Waals surface area contributed by atoms with Crippen molar-refractivity contribution in [1.82, 2.24) is 24.8 Å². The standard InChI is InChI=1S/C20H17N5O2/c1-12-9-25(20(26)16-8-21-11-27-16)19(18-17(12)23-10-24-18)15-6-13-4-2-3-5-14(13)7-22-15/h2-8,10-12,19H,9H2,1H3,(H,23,24)/t12-,19-/m1/s1. The second-order valence-electron chi connectivity index (χ2n) is 6.78. The van der Waals surface area contributed by atoms with Crippen LogP contribution in [0.15, 0.2) is 59.9 Å². The SMILES string of the molecule is C[C@@H]1CN(C(=O)c2cnco2)[C@H](c2cc3ccccc3cn2)c2nc[nH]c21. The number of H-pyrrole nitrogens is 1. The number of fused-ring (bicyclic) bond motifs is 2. The molecule has 1 aliphatic heterocycles. The van der Waals surface area contributed by atoms with Crippen LogP contribution in [0.1, 0.15) is 46.5 Å². The van der Waals surface area contributed by atoms with E-state index in [0.29, 0.717) is 6.54 Å². The maximum absolute atomic E-state index is 13.1. The topological polar surface area (TPSA) is 87.9 Å². The lowest BCUT2D eigenvalue weighted by Crippen LogP contribution is -2.42. The Hall–Kier alpha value is -3.48. The number of hydrogen-bond donors (Lipinski definition) is 1. The predicted molar refractivity (Wildman–Crippen MR) is 98.1 cm³/mol. The van der Waals surface area contributed by atoms with Crippen LogP contribution in [-0.4, -0.2) is 37.3 Å². The van der Waals surface area contributed by atoms with E-state index in [0.717, 1.165) is 27.9 Å². The number of aromatic amines is 1. The minimum Gasteiger partial charge on any atom is -0.438 e. The molecule has 1 aromatic carbocycles. The molecule has 7 nitrogen and oxygen atoms in total. The molecule has 0 unspecified atom stereocenters. The molecule has 0 aliphatic carbocycles. The van der Waals surface area contributed by atoms with Crippen molar-refractivity contribution in [2.24, 2.45) is 0 Å². The van der Waals surface area contributed by atoms with Crippen LogP contribution in [0.2, 0.25) is 0 Å². The Morgan fingerprint density at radius 2 is 2.07 bits per heavy atom. The van der Waals surface area contributed by atoms with Gasteiger partial charge in [0.25, 0.3) is 5.91 Å². The molecular weight excluding hydrogens is 342 g/mol. The van der Waals surface area contributed by atoms with Crippen molar-refractivity contribution in [3.63, 3.8) is 0 Å². The van der Waals surface area contributed by atoms with E-state index in [1.165, 1.54) is 12.6 Å². The Balaban J connectivity index is 1.66. The number of carbonyl (C=O) groups excluding carboxylic acids is 1. The largest absolute Gasteiger partial charge is 0.438 e. The van der Waals surface area contributed by atoms with Gasteiger partial charge in [-0.3, -0.25) is 9.78 Å². The molecule has 0 fully saturated rings. The van der Waals surface area contributed by atoms with Gasteiger partial charge in [0.15, 0.2) is 6.39 Å². The van der Waals surface area contributed by atoms with Gasteiger partial charge in [0.2, 0.25) is 5.76 Å². The summed E-state index contributed by atoms with van der Waals surface area (Å²) in [7, 11) is 0. The lowest BCUT2D eigenvalue weighted by Gasteiger charge is -2.37. The number of hydrogen-bond acceptors (Lipinski definition) is 5. The molecule has 0 saturated heterocycles. The summed E-state index contributed by atoms with van der Waals surface area (Å²) in [6.07, 6.45) is 6.23. The van der Waals surface area contributed by atoms with Crippen LogP contribution in [0, 0.1) is 0 Å². The average molecular weight is 359 g/mol. The second kappa shape index (κ2) is 6.05. The van der Waals surface area contributed by atoms with Gasteiger partial charge in [-0.25, -0.2) is 9.97 Å². The highest BCUT2D eigenvalue weighted by molar-refractivity contribution is 5.92. The first-order chi connectivity index (χ1) is 13.2. The third-order valence-electron chi connectivity index (χ3n) is 5.07. The van der Waals surface area contributed by atoms with Crippen LogP contribution in [0.3, 0.4) is 0 Å². The van der Waals surface area contributed by atoms with E-state index in [2.05, 4.69) is 26.9 Å². The Morgan fingerprint density at radius 3 is 2.89 bits per heavy atom. The number of imidazole rings is 1. The first-order valence-corrected chi connectivity index (χ1v) is 8.79. The highest BCUT2D eigenvalue weighted by atomic mass is 16.3. The van der Waals surface area contributed by atoms with Gasteiger partial charge < -0.3 is 14.3 Å². The van der Waals surface area contributed by atoms with Gasteiger partial charge in [-0.15, -0.1) is 0 Å². The molecule has 1 amide bonds. The molecule has 4 heterocycles. The minimum atomic E-state index is -0.385. The number of oxazole rings is 1. The number of rotatable bonds is 2. The van der Waals surface area contributed by atoms with Gasteiger partial charge in [-0.1, -0.05) is 31.2 Å². The van der Waals surface area contributed by atoms with Crippen molar-refractivity contribution in [3.05, 3.63) is 78.3 Å². The van der Waals surface area contributed by atoms with Crippen LogP contribution < -0.4 is 0 Å². The molecule has 134 valence electrons. The smallest absolute Gasteiger partial charge is 0.292 e. The molecular formula is C20H17N5O2. The Labute approximate surface area is 155 Å². The zero-order chi connectivity index (χ0) is 18.4. The van der Waals surface area contributed by atoms with Crippen molar-refractivity contribution in [2.75, 3.05) is 6.54 Å². The van der Waals surface area contributed by atoms with Crippen molar-refractivity contribution in [2.45, 2.75) is 18.9 Å². The zero-order valence-electron chi connectivity index (χ0n) is 14.7. The summed E-state index contributed by atoms with van der Waals surface area (Å²) in [5.41, 5.74) is 2.64. The van der Waals surface area contributed by atoms with Gasteiger partial charge in [-0.2, -0.15) is 0 Å². The van der Waals surface area contributed by atoms with E-state index in [9.17, 15) is 4.79 Å². The van der Waals surface area contributed by atoms with E-state index in [1.54, 1.807) is 11.2 Å². The van der Waals surface area contributed by atoms with Crippen molar-refractivity contribution in [3.8, 4) is 0 Å². The number of nitrogens with one attached hydrogen (secondary N) is 1. The number of nitrogens with zero attached hydrogens (tertiary/aromatic N) is 4. The van der Waals surface area contributed by atoms with Gasteiger partial charge >= 0.3 is 0 Å². The van der Waals surface area contributed by atoms with Gasteiger partial charge in [0.05, 0.1) is 23.9 Å². The number of aromatic nitrogens is 4. The first kappa shape index (κ1) is 15.7. The van der Waals surface area contributed by atoms with E-state index < -0.39 is 0 Å². The third kappa shape index (κ3) is 2.51. The highest BCUT2D eigenvalue weighted by Gasteiger charge is 2.39. The zero-order valence-corrected chi connectivity index (χ0v) is 14.7. The summed E-state index contributed by atoms with van der Waals surface area (Å²) < 4.78 is 5.26. The summed E-state index contributed by atoms with van der Waals surface area (Å²) in [5, 5.41) is 2.13. The first-order valence-electron chi connectivity index (χ1n) is 8.79. The fourth-order valence-electron chi connectivity index (χ4n) is 3.78. The average Bonchev–Trinajstić information content (AvgIpc) is 3.39. The predicted octanol–water partition coefficient (Wildman–Crippen LogP) is 3.29. The summed E-state index contributed by atoms with van der Waals surface area (Å²) >= 11 is 0. The van der Waals surface area contributed by atoms with E-state index in [-0.39, 0.29) is 23.6 Å². The maximum atomic E-state index is 13.1. The quantitative estimate of drug-likeness (QED) is 0.593. The molecule has 0 bridgehead atoms. The van der Waals surface area contributed by atoms with Crippen molar-refractivity contribution in [1.29, 1.82) is 0 Å². The molecule has 1 N–H and O–H groups in total. The molecule has 0 spiro atoms. The second-order valence-corrected chi connectivity index (χ2v) is 6.78. The van der Waals surface area contributed by atoms with Crippen molar-refractivity contribution >= 4 is 16.7 Å². The van der Waals surface area contributed by atoms with Crippen LogP contribution >= 0.6 is 0 Å². The molecule has 5 rings (SSSR count). The van der Waals surface area contributed by atoms with Crippen LogP contribution in [0.5, 0.6) is 0 Å². The molecule has 1 aliphatic rings. The number of pyridine rings is 1. The van der Waals surface area contributed by atoms with Crippen LogP contribution in [0.4, 0.5) is 0 Å². The molecule has 4 aromatic rings. The summed E-state index contributed by atoms with van der Waals surface area (Å²) in [6.45, 7) is 2.61. The van der Waals surface area contributed by atoms with Crippen LogP contribution in [-0.2, 0) is 0 Å². The number of amides is 1. The maximum Gasteiger partial charge on any atom is 0.292 e. The Morgan fingerprint density at radius 1 is 1.22 bits per heavy atom. The highest BCUT2D eigenvalue weighted by Crippen LogP contribution is 2.38. The summed E-state index contributed by atoms with van der Waals surface area (Å²) in [5.74, 6) is 0.131. The van der Waals surface area contributed by atoms with E-state index in [1.807, 2.05) is 36.5 Å². The molecule has 3 aromatic heterocycles. The monoisotopic (exact) mass is 359 g/mol. The molecule has 0 radical (unpaired) electrons. The normalized spacial score (nSPS) is 19.2. The van der Waals surface area contributed by atoms with E-state index in [4.69, 9.17) is 4.42 Å². The van der Waals surface area contributed by atoms with Gasteiger partial charge in [0, 0.05) is 29.7 Å². The van der Waals surface area contributed by atoms with Crippen molar-refractivity contribution < 1.29 is 9.21 Å². The van der Waals surface area contributed by atoms with Crippen LogP contribution in [0.25, 0.3) is 10.8 Å². The van der Waals surface area contributed by atoms with Gasteiger partial charge in [-0.05, 0) is 11.5 Å². The Bertz CT molecular complexity index is 1120. The molecule has 7 heteroatoms.